The minimum Gasteiger partial charge on any atom is -0.446 e. The van der Waals surface area contributed by atoms with Gasteiger partial charge in [-0.1, -0.05) is 20.3 Å². The highest BCUT2D eigenvalue weighted by molar-refractivity contribution is 5.92. The van der Waals surface area contributed by atoms with Gasteiger partial charge in [0, 0.05) is 6.04 Å². The summed E-state index contributed by atoms with van der Waals surface area (Å²) in [6, 6.07) is 0.0772. The molecular weight excluding hydrogens is 218 g/mol. The lowest BCUT2D eigenvalue weighted by molar-refractivity contribution is 0.0946. The molecule has 0 aliphatic heterocycles. The van der Waals surface area contributed by atoms with E-state index < -0.39 is 0 Å². The van der Waals surface area contributed by atoms with Crippen molar-refractivity contribution in [3.8, 4) is 0 Å². The first-order valence-electron chi connectivity index (χ1n) is 6.13. The van der Waals surface area contributed by atoms with Gasteiger partial charge in [-0.25, -0.2) is 4.98 Å². The molecule has 1 aromatic rings. The highest BCUT2D eigenvalue weighted by Gasteiger charge is 2.26. The Morgan fingerprint density at radius 1 is 1.71 bits per heavy atom. The molecule has 94 valence electrons. The average molecular weight is 237 g/mol. The number of hydrogen-bond acceptors (Lipinski definition) is 4. The largest absolute Gasteiger partial charge is 0.446 e. The third-order valence-corrected chi connectivity index (χ3v) is 3.21. The molecule has 0 bridgehead atoms. The van der Waals surface area contributed by atoms with Gasteiger partial charge in [0.05, 0.1) is 6.04 Å². The number of nitrogens with zero attached hydrogens (tertiary/aromatic N) is 1. The van der Waals surface area contributed by atoms with E-state index in [9.17, 15) is 4.79 Å². The summed E-state index contributed by atoms with van der Waals surface area (Å²) in [5.41, 5.74) is 6.31. The molecule has 2 unspecified atom stereocenters. The normalized spacial score (nSPS) is 18.8. The van der Waals surface area contributed by atoms with Gasteiger partial charge in [-0.2, -0.15) is 0 Å². The maximum atomic E-state index is 11.7. The first-order valence-corrected chi connectivity index (χ1v) is 6.13. The van der Waals surface area contributed by atoms with E-state index in [1.807, 2.05) is 6.92 Å². The van der Waals surface area contributed by atoms with Gasteiger partial charge in [0.1, 0.15) is 6.26 Å². The molecular formula is C12H19N3O2. The topological polar surface area (TPSA) is 81.1 Å². The number of nitrogens with two attached hydrogens (primary N) is 1. The van der Waals surface area contributed by atoms with E-state index in [0.29, 0.717) is 17.6 Å². The smallest absolute Gasteiger partial charge is 0.273 e. The van der Waals surface area contributed by atoms with Gasteiger partial charge in [-0.3, -0.25) is 4.79 Å². The Morgan fingerprint density at radius 2 is 2.41 bits per heavy atom. The highest BCUT2D eigenvalue weighted by atomic mass is 16.3. The van der Waals surface area contributed by atoms with Crippen LogP contribution < -0.4 is 11.1 Å². The summed E-state index contributed by atoms with van der Waals surface area (Å²) in [5, 5.41) is 2.86. The van der Waals surface area contributed by atoms with Crippen molar-refractivity contribution in [1.82, 2.24) is 10.3 Å². The van der Waals surface area contributed by atoms with Gasteiger partial charge < -0.3 is 15.5 Å². The lowest BCUT2D eigenvalue weighted by Crippen LogP contribution is -2.26. The number of hydrogen-bond donors (Lipinski definition) is 2. The number of nitrogens with one attached hydrogen (secondary N) is 1. The van der Waals surface area contributed by atoms with Gasteiger partial charge >= 0.3 is 0 Å². The zero-order valence-electron chi connectivity index (χ0n) is 10.3. The Bertz CT molecular complexity index is 398. The predicted octanol–water partition coefficient (Wildman–Crippen LogP) is 1.61. The van der Waals surface area contributed by atoms with Crippen molar-refractivity contribution in [3.05, 3.63) is 17.8 Å². The van der Waals surface area contributed by atoms with E-state index in [2.05, 4.69) is 17.2 Å². The fraction of sp³-hybridized carbons (Fsp3) is 0.667. The van der Waals surface area contributed by atoms with Crippen LogP contribution in [0.5, 0.6) is 0 Å². The van der Waals surface area contributed by atoms with Crippen molar-refractivity contribution in [1.29, 1.82) is 0 Å². The Balaban J connectivity index is 2.01. The first kappa shape index (κ1) is 12.1. The molecule has 5 heteroatoms. The van der Waals surface area contributed by atoms with Crippen LogP contribution in [0.15, 0.2) is 10.7 Å². The molecule has 1 aliphatic rings. The second kappa shape index (κ2) is 4.87. The highest BCUT2D eigenvalue weighted by Crippen LogP contribution is 2.22. The monoisotopic (exact) mass is 237 g/mol. The second-order valence-corrected chi connectivity index (χ2v) is 4.73. The van der Waals surface area contributed by atoms with Crippen LogP contribution >= 0.6 is 0 Å². The summed E-state index contributed by atoms with van der Waals surface area (Å²) in [5.74, 6) is 0.562. The van der Waals surface area contributed by atoms with Gasteiger partial charge in [0.15, 0.2) is 5.69 Å². The van der Waals surface area contributed by atoms with E-state index >= 15 is 0 Å². The quantitative estimate of drug-likeness (QED) is 0.815. The van der Waals surface area contributed by atoms with Crippen molar-refractivity contribution in [3.63, 3.8) is 0 Å². The van der Waals surface area contributed by atoms with Crippen LogP contribution in [0, 0.1) is 5.92 Å². The van der Waals surface area contributed by atoms with E-state index in [4.69, 9.17) is 10.2 Å². The second-order valence-electron chi connectivity index (χ2n) is 4.73. The molecule has 1 saturated carbocycles. The Hall–Kier alpha value is -1.36. The summed E-state index contributed by atoms with van der Waals surface area (Å²) >= 11 is 0. The Morgan fingerprint density at radius 3 is 3.00 bits per heavy atom. The third kappa shape index (κ3) is 2.85. The fourth-order valence-electron chi connectivity index (χ4n) is 1.53. The van der Waals surface area contributed by atoms with Crippen molar-refractivity contribution in [2.75, 3.05) is 0 Å². The van der Waals surface area contributed by atoms with Gasteiger partial charge in [-0.05, 0) is 18.8 Å². The summed E-state index contributed by atoms with van der Waals surface area (Å²) in [7, 11) is 0. The standard InChI is InChI=1S/C12H19N3O2/c1-3-7(2)10(13)12-15-9(6-17-12)11(16)14-8-4-5-8/h6-8,10H,3-5,13H2,1-2H3,(H,14,16). The zero-order chi connectivity index (χ0) is 12.4. The van der Waals surface area contributed by atoms with Crippen LogP contribution in [-0.4, -0.2) is 16.9 Å². The molecule has 1 fully saturated rings. The summed E-state index contributed by atoms with van der Waals surface area (Å²) < 4.78 is 5.28. The van der Waals surface area contributed by atoms with Crippen molar-refractivity contribution in [2.24, 2.45) is 11.7 Å². The van der Waals surface area contributed by atoms with E-state index in [0.717, 1.165) is 19.3 Å². The first-order chi connectivity index (χ1) is 8.11. The third-order valence-electron chi connectivity index (χ3n) is 3.21. The summed E-state index contributed by atoms with van der Waals surface area (Å²) in [6.45, 7) is 4.10. The van der Waals surface area contributed by atoms with Crippen molar-refractivity contribution < 1.29 is 9.21 Å². The van der Waals surface area contributed by atoms with Crippen LogP contribution in [0.3, 0.4) is 0 Å². The zero-order valence-corrected chi connectivity index (χ0v) is 10.3. The molecule has 3 N–H and O–H groups in total. The molecule has 1 heterocycles. The van der Waals surface area contributed by atoms with Crippen LogP contribution in [0.4, 0.5) is 0 Å². The van der Waals surface area contributed by atoms with Crippen LogP contribution in [0.25, 0.3) is 0 Å². The maximum absolute atomic E-state index is 11.7. The SMILES string of the molecule is CCC(C)C(N)c1nc(C(=O)NC2CC2)co1. The van der Waals surface area contributed by atoms with Gasteiger partial charge in [0.25, 0.3) is 5.91 Å². The number of oxazole rings is 1. The van der Waals surface area contributed by atoms with Crippen molar-refractivity contribution in [2.45, 2.75) is 45.2 Å². The molecule has 0 saturated heterocycles. The summed E-state index contributed by atoms with van der Waals surface area (Å²) in [6.07, 6.45) is 4.45. The van der Waals surface area contributed by atoms with Crippen LogP contribution in [-0.2, 0) is 0 Å². The molecule has 1 aliphatic carbocycles. The minimum atomic E-state index is -0.248. The van der Waals surface area contributed by atoms with E-state index in [1.165, 1.54) is 6.26 Å². The number of rotatable bonds is 5. The molecule has 0 radical (unpaired) electrons. The average Bonchev–Trinajstić information content (AvgIpc) is 2.99. The number of carbonyl (C=O) groups is 1. The lowest BCUT2D eigenvalue weighted by Gasteiger charge is -2.13. The number of aromatic nitrogens is 1. The molecule has 2 rings (SSSR count). The molecule has 0 spiro atoms. The Kier molecular flexibility index (Phi) is 3.47. The van der Waals surface area contributed by atoms with Crippen molar-refractivity contribution >= 4 is 5.91 Å². The van der Waals surface area contributed by atoms with E-state index in [-0.39, 0.29) is 17.9 Å². The molecule has 1 amide bonds. The molecule has 2 atom stereocenters. The fourth-order valence-corrected chi connectivity index (χ4v) is 1.53. The minimum absolute atomic E-state index is 0.168. The molecule has 17 heavy (non-hydrogen) atoms. The van der Waals surface area contributed by atoms with Crippen LogP contribution in [0.1, 0.15) is 55.5 Å². The number of amides is 1. The number of carbonyl (C=O) groups excluding carboxylic acids is 1. The Labute approximate surface area is 101 Å². The van der Waals surface area contributed by atoms with Gasteiger partial charge in [-0.15, -0.1) is 0 Å². The maximum Gasteiger partial charge on any atom is 0.273 e. The molecule has 5 nitrogen and oxygen atoms in total. The summed E-state index contributed by atoms with van der Waals surface area (Å²) in [4.78, 5) is 15.9. The van der Waals surface area contributed by atoms with Crippen LogP contribution in [0.2, 0.25) is 0 Å². The lowest BCUT2D eigenvalue weighted by atomic mass is 10.0. The molecule has 1 aromatic heterocycles. The van der Waals surface area contributed by atoms with E-state index in [1.54, 1.807) is 0 Å². The predicted molar refractivity (Wildman–Crippen MR) is 63.4 cm³/mol. The molecule has 0 aromatic carbocycles. The van der Waals surface area contributed by atoms with Gasteiger partial charge in [0.2, 0.25) is 5.89 Å².